The first-order chi connectivity index (χ1) is 8.72. The number of imidazole rings is 1. The van der Waals surface area contributed by atoms with Crippen LogP contribution in [0.5, 0.6) is 0 Å². The van der Waals surface area contributed by atoms with Crippen molar-refractivity contribution >= 4 is 23.3 Å². The largest absolute Gasteiger partial charge is 0.379 e. The summed E-state index contributed by atoms with van der Waals surface area (Å²) in [5, 5.41) is 0. The predicted octanol–water partition coefficient (Wildman–Crippen LogP) is 3.58. The van der Waals surface area contributed by atoms with Crippen molar-refractivity contribution in [1.29, 1.82) is 0 Å². The molecule has 0 bridgehead atoms. The third-order valence-electron chi connectivity index (χ3n) is 3.75. The highest BCUT2D eigenvalue weighted by molar-refractivity contribution is 7.71. The molecule has 2 unspecified atom stereocenters. The molecular weight excluding hydrogens is 251 g/mol. The summed E-state index contributed by atoms with van der Waals surface area (Å²) in [6.07, 6.45) is 3.34. The van der Waals surface area contributed by atoms with Gasteiger partial charge in [-0.1, -0.05) is 6.07 Å². The minimum atomic E-state index is -0.260. The van der Waals surface area contributed by atoms with Gasteiger partial charge in [0.2, 0.25) is 0 Å². The van der Waals surface area contributed by atoms with Crippen LogP contribution in [0, 0.1) is 10.6 Å². The molecule has 1 aromatic carbocycles. The van der Waals surface area contributed by atoms with Gasteiger partial charge in [0.15, 0.2) is 4.77 Å². The lowest BCUT2D eigenvalue weighted by molar-refractivity contribution is 0.0758. The number of ether oxygens (including phenoxy) is 1. The highest BCUT2D eigenvalue weighted by Crippen LogP contribution is 2.35. The van der Waals surface area contributed by atoms with Crippen LogP contribution >= 0.6 is 12.2 Å². The van der Waals surface area contributed by atoms with E-state index in [2.05, 4.69) is 4.98 Å². The number of aromatic nitrogens is 2. The minimum absolute atomic E-state index is 0.166. The maximum Gasteiger partial charge on any atom is 0.178 e. The van der Waals surface area contributed by atoms with Crippen molar-refractivity contribution in [2.45, 2.75) is 31.4 Å². The van der Waals surface area contributed by atoms with Crippen LogP contribution in [0.15, 0.2) is 18.2 Å². The highest BCUT2D eigenvalue weighted by Gasteiger charge is 2.30. The Morgan fingerprint density at radius 2 is 2.28 bits per heavy atom. The van der Waals surface area contributed by atoms with E-state index >= 15 is 0 Å². The van der Waals surface area contributed by atoms with Crippen LogP contribution in [0.2, 0.25) is 0 Å². The van der Waals surface area contributed by atoms with Gasteiger partial charge in [0.05, 0.1) is 17.7 Å². The van der Waals surface area contributed by atoms with Crippen molar-refractivity contribution in [1.82, 2.24) is 9.55 Å². The average molecular weight is 266 g/mol. The van der Waals surface area contributed by atoms with Gasteiger partial charge < -0.3 is 14.3 Å². The SMILES string of the molecule is COC1CCCC1n1c(=S)[nH]c2c(F)cccc21. The van der Waals surface area contributed by atoms with E-state index in [4.69, 9.17) is 17.0 Å². The van der Waals surface area contributed by atoms with Crippen molar-refractivity contribution in [3.63, 3.8) is 0 Å². The third-order valence-corrected chi connectivity index (χ3v) is 4.05. The second kappa shape index (κ2) is 4.48. The van der Waals surface area contributed by atoms with Crippen molar-refractivity contribution in [3.8, 4) is 0 Å². The number of fused-ring (bicyclic) bond motifs is 1. The summed E-state index contributed by atoms with van der Waals surface area (Å²) in [6.45, 7) is 0. The van der Waals surface area contributed by atoms with Crippen LogP contribution in [0.1, 0.15) is 25.3 Å². The van der Waals surface area contributed by atoms with Gasteiger partial charge in [-0.3, -0.25) is 0 Å². The van der Waals surface area contributed by atoms with E-state index in [-0.39, 0.29) is 18.0 Å². The van der Waals surface area contributed by atoms with Crippen LogP contribution in [0.3, 0.4) is 0 Å². The Kier molecular flexibility index (Phi) is 2.95. The summed E-state index contributed by atoms with van der Waals surface area (Å²) in [5.74, 6) is -0.260. The zero-order valence-corrected chi connectivity index (χ0v) is 11.0. The monoisotopic (exact) mass is 266 g/mol. The normalized spacial score (nSPS) is 23.9. The van der Waals surface area contributed by atoms with Gasteiger partial charge in [-0.25, -0.2) is 4.39 Å². The van der Waals surface area contributed by atoms with Crippen LogP contribution in [0.25, 0.3) is 11.0 Å². The van der Waals surface area contributed by atoms with Gasteiger partial charge in [0.25, 0.3) is 0 Å². The Morgan fingerprint density at radius 1 is 1.44 bits per heavy atom. The standard InChI is InChI=1S/C13H15FN2OS/c1-17-11-7-3-5-9(11)16-10-6-2-4-8(14)12(10)15-13(16)18/h2,4,6,9,11H,3,5,7H2,1H3,(H,15,18). The van der Waals surface area contributed by atoms with E-state index in [0.29, 0.717) is 10.3 Å². The molecule has 3 rings (SSSR count). The molecule has 96 valence electrons. The Balaban J connectivity index is 2.20. The maximum absolute atomic E-state index is 13.7. The van der Waals surface area contributed by atoms with E-state index in [9.17, 15) is 4.39 Å². The molecular formula is C13H15FN2OS. The molecule has 18 heavy (non-hydrogen) atoms. The van der Waals surface area contributed by atoms with Crippen LogP contribution in [0.4, 0.5) is 4.39 Å². The molecule has 0 amide bonds. The van der Waals surface area contributed by atoms with Crippen LogP contribution in [-0.2, 0) is 4.74 Å². The van der Waals surface area contributed by atoms with Gasteiger partial charge in [-0.15, -0.1) is 0 Å². The number of rotatable bonds is 2. The number of hydrogen-bond acceptors (Lipinski definition) is 2. The minimum Gasteiger partial charge on any atom is -0.379 e. The fourth-order valence-corrected chi connectivity index (χ4v) is 3.26. The summed E-state index contributed by atoms with van der Waals surface area (Å²) >= 11 is 5.34. The second-order valence-corrected chi connectivity index (χ2v) is 5.09. The Hall–Kier alpha value is -1.20. The van der Waals surface area contributed by atoms with E-state index in [1.54, 1.807) is 13.2 Å². The molecule has 5 heteroatoms. The van der Waals surface area contributed by atoms with Crippen molar-refractivity contribution in [2.24, 2.45) is 0 Å². The molecule has 1 saturated carbocycles. The first-order valence-corrected chi connectivity index (χ1v) is 6.54. The molecule has 1 aliphatic rings. The number of nitrogens with zero attached hydrogens (tertiary/aromatic N) is 1. The molecule has 1 aliphatic carbocycles. The van der Waals surface area contributed by atoms with Gasteiger partial charge >= 0.3 is 0 Å². The molecule has 0 radical (unpaired) electrons. The van der Waals surface area contributed by atoms with Gasteiger partial charge in [-0.2, -0.15) is 0 Å². The predicted molar refractivity (Wildman–Crippen MR) is 70.8 cm³/mol. The fourth-order valence-electron chi connectivity index (χ4n) is 2.92. The molecule has 1 aromatic heterocycles. The van der Waals surface area contributed by atoms with Crippen LogP contribution in [-0.4, -0.2) is 22.8 Å². The summed E-state index contributed by atoms with van der Waals surface area (Å²) in [4.78, 5) is 2.96. The van der Waals surface area contributed by atoms with Gasteiger partial charge in [0, 0.05) is 7.11 Å². The number of hydrogen-bond donors (Lipinski definition) is 1. The first-order valence-electron chi connectivity index (χ1n) is 6.14. The molecule has 0 aliphatic heterocycles. The maximum atomic E-state index is 13.7. The fraction of sp³-hybridized carbons (Fsp3) is 0.462. The summed E-state index contributed by atoms with van der Waals surface area (Å²) in [7, 11) is 1.72. The third kappa shape index (κ3) is 1.69. The van der Waals surface area contributed by atoms with Crippen LogP contribution < -0.4 is 0 Å². The van der Waals surface area contributed by atoms with E-state index < -0.39 is 0 Å². The number of halogens is 1. The number of methoxy groups -OCH3 is 1. The Morgan fingerprint density at radius 3 is 3.06 bits per heavy atom. The average Bonchev–Trinajstić information content (AvgIpc) is 2.93. The molecule has 1 fully saturated rings. The van der Waals surface area contributed by atoms with Crippen molar-refractivity contribution in [3.05, 3.63) is 28.8 Å². The lowest BCUT2D eigenvalue weighted by atomic mass is 10.2. The Bertz CT molecular complexity index is 633. The lowest BCUT2D eigenvalue weighted by Gasteiger charge is -2.20. The second-order valence-electron chi connectivity index (χ2n) is 4.71. The number of aromatic amines is 1. The zero-order valence-electron chi connectivity index (χ0n) is 10.1. The number of H-pyrrole nitrogens is 1. The summed E-state index contributed by atoms with van der Waals surface area (Å²) < 4.78 is 21.8. The number of benzene rings is 1. The molecule has 0 spiro atoms. The van der Waals surface area contributed by atoms with Crippen molar-refractivity contribution in [2.75, 3.05) is 7.11 Å². The summed E-state index contributed by atoms with van der Waals surface area (Å²) in [6, 6.07) is 5.27. The smallest absolute Gasteiger partial charge is 0.178 e. The molecule has 1 heterocycles. The highest BCUT2D eigenvalue weighted by atomic mass is 32.1. The number of para-hydroxylation sites is 1. The van der Waals surface area contributed by atoms with Crippen molar-refractivity contribution < 1.29 is 9.13 Å². The molecule has 1 N–H and O–H groups in total. The quantitative estimate of drug-likeness (QED) is 0.842. The van der Waals surface area contributed by atoms with E-state index in [1.807, 2.05) is 10.6 Å². The molecule has 2 atom stereocenters. The molecule has 2 aromatic rings. The first kappa shape index (κ1) is 11.9. The molecule has 3 nitrogen and oxygen atoms in total. The van der Waals surface area contributed by atoms with Gasteiger partial charge in [-0.05, 0) is 43.6 Å². The zero-order chi connectivity index (χ0) is 12.7. The van der Waals surface area contributed by atoms with E-state index in [1.165, 1.54) is 6.07 Å². The lowest BCUT2D eigenvalue weighted by Crippen LogP contribution is -2.20. The summed E-state index contributed by atoms with van der Waals surface area (Å²) in [5.41, 5.74) is 1.32. The van der Waals surface area contributed by atoms with E-state index in [0.717, 1.165) is 24.8 Å². The molecule has 0 saturated heterocycles. The van der Waals surface area contributed by atoms with Gasteiger partial charge in [0.1, 0.15) is 11.3 Å². The Labute approximate surface area is 110 Å². The topological polar surface area (TPSA) is 29.9 Å². The number of nitrogens with one attached hydrogen (secondary N) is 1.